The summed E-state index contributed by atoms with van der Waals surface area (Å²) in [6.07, 6.45) is 1.75. The van der Waals surface area contributed by atoms with Gasteiger partial charge in [-0.25, -0.2) is 4.68 Å². The molecule has 1 N–H and O–H groups in total. The summed E-state index contributed by atoms with van der Waals surface area (Å²) < 4.78 is 1.86. The minimum Gasteiger partial charge on any atom is -0.504 e. The van der Waals surface area contributed by atoms with Crippen LogP contribution in [0.25, 0.3) is 16.9 Å². The van der Waals surface area contributed by atoms with Crippen LogP contribution in [0.3, 0.4) is 0 Å². The van der Waals surface area contributed by atoms with E-state index in [1.807, 2.05) is 47.1 Å². The predicted octanol–water partition coefficient (Wildman–Crippen LogP) is 4.51. The number of aromatic nitrogens is 2. The smallest absolute Gasteiger partial charge is 0.165 e. The van der Waals surface area contributed by atoms with Gasteiger partial charge in [-0.15, -0.1) is 0 Å². The lowest BCUT2D eigenvalue weighted by Gasteiger charge is -2.07. The van der Waals surface area contributed by atoms with Crippen LogP contribution in [-0.2, 0) is 6.42 Å². The number of hydrogen-bond donors (Lipinski definition) is 1. The highest BCUT2D eigenvalue weighted by molar-refractivity contribution is 5.68. The monoisotopic (exact) mass is 292 g/mol. The van der Waals surface area contributed by atoms with E-state index < -0.39 is 0 Å². The van der Waals surface area contributed by atoms with Gasteiger partial charge in [-0.1, -0.05) is 61.4 Å². The largest absolute Gasteiger partial charge is 0.504 e. The van der Waals surface area contributed by atoms with E-state index in [0.717, 1.165) is 29.8 Å². The predicted molar refractivity (Wildman–Crippen MR) is 89.4 cm³/mol. The average molecular weight is 292 g/mol. The second kappa shape index (κ2) is 6.06. The second-order valence-corrected chi connectivity index (χ2v) is 5.51. The standard InChI is InChI=1S/C19H20N2O/c1-3-7-17-19(22)18(15-8-5-4-6-9-15)20-21(17)16-12-10-14(2)11-13-16/h4-6,8-13,22H,3,7H2,1-2H3. The first-order chi connectivity index (χ1) is 10.7. The van der Waals surface area contributed by atoms with Gasteiger partial charge in [0, 0.05) is 5.56 Å². The SMILES string of the molecule is CCCc1c(O)c(-c2ccccc2)nn1-c1ccc(C)cc1. The molecule has 3 nitrogen and oxygen atoms in total. The zero-order chi connectivity index (χ0) is 15.5. The van der Waals surface area contributed by atoms with Gasteiger partial charge in [-0.05, 0) is 25.5 Å². The lowest BCUT2D eigenvalue weighted by Crippen LogP contribution is -2.02. The normalized spacial score (nSPS) is 10.8. The highest BCUT2D eigenvalue weighted by Crippen LogP contribution is 2.33. The Morgan fingerprint density at radius 2 is 1.68 bits per heavy atom. The van der Waals surface area contributed by atoms with Gasteiger partial charge in [0.1, 0.15) is 5.69 Å². The van der Waals surface area contributed by atoms with E-state index in [1.54, 1.807) is 0 Å². The van der Waals surface area contributed by atoms with Gasteiger partial charge < -0.3 is 5.11 Å². The molecule has 0 aliphatic carbocycles. The van der Waals surface area contributed by atoms with Crippen molar-refractivity contribution in [1.29, 1.82) is 0 Å². The minimum atomic E-state index is 0.286. The topological polar surface area (TPSA) is 38.1 Å². The van der Waals surface area contributed by atoms with Gasteiger partial charge in [0.15, 0.2) is 5.75 Å². The quantitative estimate of drug-likeness (QED) is 0.768. The molecule has 3 aromatic rings. The minimum absolute atomic E-state index is 0.286. The molecule has 3 rings (SSSR count). The van der Waals surface area contributed by atoms with Gasteiger partial charge in [-0.3, -0.25) is 0 Å². The molecular weight excluding hydrogens is 272 g/mol. The van der Waals surface area contributed by atoms with Crippen LogP contribution in [0.5, 0.6) is 5.75 Å². The maximum atomic E-state index is 10.6. The van der Waals surface area contributed by atoms with E-state index in [2.05, 4.69) is 31.1 Å². The molecule has 1 aromatic heterocycles. The number of nitrogens with zero attached hydrogens (tertiary/aromatic N) is 2. The summed E-state index contributed by atoms with van der Waals surface area (Å²) in [6, 6.07) is 18.0. The van der Waals surface area contributed by atoms with E-state index in [1.165, 1.54) is 5.56 Å². The summed E-state index contributed by atoms with van der Waals surface area (Å²) in [5.41, 5.74) is 4.63. The van der Waals surface area contributed by atoms with Gasteiger partial charge in [0.25, 0.3) is 0 Å². The van der Waals surface area contributed by atoms with Crippen LogP contribution < -0.4 is 0 Å². The van der Waals surface area contributed by atoms with Crippen LogP contribution in [-0.4, -0.2) is 14.9 Å². The molecule has 0 atom stereocenters. The molecular formula is C19H20N2O. The van der Waals surface area contributed by atoms with Crippen molar-refractivity contribution in [2.24, 2.45) is 0 Å². The molecule has 2 aromatic carbocycles. The highest BCUT2D eigenvalue weighted by atomic mass is 16.3. The van der Waals surface area contributed by atoms with Gasteiger partial charge in [0.05, 0.1) is 11.4 Å². The number of rotatable bonds is 4. The van der Waals surface area contributed by atoms with Crippen LogP contribution in [0.2, 0.25) is 0 Å². The summed E-state index contributed by atoms with van der Waals surface area (Å²) in [5.74, 6) is 0.286. The van der Waals surface area contributed by atoms with Crippen molar-refractivity contribution in [1.82, 2.24) is 9.78 Å². The molecule has 0 spiro atoms. The first kappa shape index (κ1) is 14.4. The van der Waals surface area contributed by atoms with Gasteiger partial charge in [0.2, 0.25) is 0 Å². The fourth-order valence-electron chi connectivity index (χ4n) is 2.60. The van der Waals surface area contributed by atoms with Crippen molar-refractivity contribution in [2.75, 3.05) is 0 Å². The number of aromatic hydroxyl groups is 1. The molecule has 0 saturated carbocycles. The maximum Gasteiger partial charge on any atom is 0.165 e. The molecule has 22 heavy (non-hydrogen) atoms. The van der Waals surface area contributed by atoms with E-state index in [0.29, 0.717) is 5.69 Å². The average Bonchev–Trinajstić information content (AvgIpc) is 2.87. The fraction of sp³-hybridized carbons (Fsp3) is 0.211. The molecule has 0 saturated heterocycles. The zero-order valence-corrected chi connectivity index (χ0v) is 13.0. The first-order valence-corrected chi connectivity index (χ1v) is 7.64. The summed E-state index contributed by atoms with van der Waals surface area (Å²) >= 11 is 0. The molecule has 0 radical (unpaired) electrons. The molecule has 0 bridgehead atoms. The van der Waals surface area contributed by atoms with Crippen LogP contribution >= 0.6 is 0 Å². The van der Waals surface area contributed by atoms with Crippen LogP contribution in [0.1, 0.15) is 24.6 Å². The van der Waals surface area contributed by atoms with E-state index in [-0.39, 0.29) is 5.75 Å². The van der Waals surface area contributed by atoms with Crippen LogP contribution in [0.4, 0.5) is 0 Å². The fourth-order valence-corrected chi connectivity index (χ4v) is 2.60. The summed E-state index contributed by atoms with van der Waals surface area (Å²) in [7, 11) is 0. The molecule has 0 fully saturated rings. The lowest BCUT2D eigenvalue weighted by atomic mass is 10.1. The van der Waals surface area contributed by atoms with Crippen molar-refractivity contribution < 1.29 is 5.11 Å². The van der Waals surface area contributed by atoms with Gasteiger partial charge in [-0.2, -0.15) is 5.10 Å². The van der Waals surface area contributed by atoms with Crippen LogP contribution in [0, 0.1) is 6.92 Å². The van der Waals surface area contributed by atoms with E-state index in [9.17, 15) is 5.11 Å². The number of benzene rings is 2. The van der Waals surface area contributed by atoms with E-state index >= 15 is 0 Å². The Labute approximate surface area is 130 Å². The molecule has 0 aliphatic heterocycles. The molecule has 1 heterocycles. The third-order valence-electron chi connectivity index (χ3n) is 3.77. The Balaban J connectivity index is 2.15. The molecule has 3 heteroatoms. The second-order valence-electron chi connectivity index (χ2n) is 5.51. The lowest BCUT2D eigenvalue weighted by molar-refractivity contribution is 0.468. The Kier molecular flexibility index (Phi) is 3.96. The van der Waals surface area contributed by atoms with Crippen molar-refractivity contribution >= 4 is 0 Å². The Hall–Kier alpha value is -2.55. The van der Waals surface area contributed by atoms with E-state index in [4.69, 9.17) is 0 Å². The summed E-state index contributed by atoms with van der Waals surface area (Å²) in [4.78, 5) is 0. The summed E-state index contributed by atoms with van der Waals surface area (Å²) in [6.45, 7) is 4.17. The third kappa shape index (κ3) is 2.62. The Bertz CT molecular complexity index is 758. The first-order valence-electron chi connectivity index (χ1n) is 7.64. The molecule has 0 unspecified atom stereocenters. The van der Waals surface area contributed by atoms with Crippen molar-refractivity contribution in [3.05, 3.63) is 65.9 Å². The van der Waals surface area contributed by atoms with Crippen molar-refractivity contribution in [3.8, 4) is 22.7 Å². The highest BCUT2D eigenvalue weighted by Gasteiger charge is 2.18. The maximum absolute atomic E-state index is 10.6. The van der Waals surface area contributed by atoms with Gasteiger partial charge >= 0.3 is 0 Å². The number of aryl methyl sites for hydroxylation is 1. The number of hydrogen-bond acceptors (Lipinski definition) is 2. The molecule has 112 valence electrons. The van der Waals surface area contributed by atoms with Crippen molar-refractivity contribution in [2.45, 2.75) is 26.7 Å². The Morgan fingerprint density at radius 1 is 1.00 bits per heavy atom. The summed E-state index contributed by atoms with van der Waals surface area (Å²) in [5, 5.41) is 15.3. The van der Waals surface area contributed by atoms with Crippen molar-refractivity contribution in [3.63, 3.8) is 0 Å². The Morgan fingerprint density at radius 3 is 2.32 bits per heavy atom. The molecule has 0 amide bonds. The zero-order valence-electron chi connectivity index (χ0n) is 13.0. The van der Waals surface area contributed by atoms with Crippen LogP contribution in [0.15, 0.2) is 54.6 Å². The third-order valence-corrected chi connectivity index (χ3v) is 3.77. The molecule has 0 aliphatic rings.